The molecule has 0 saturated carbocycles. The summed E-state index contributed by atoms with van der Waals surface area (Å²) in [4.78, 5) is 23.6. The Morgan fingerprint density at radius 2 is 2.00 bits per heavy atom. The van der Waals surface area contributed by atoms with Crippen molar-refractivity contribution in [3.63, 3.8) is 0 Å². The highest BCUT2D eigenvalue weighted by Gasteiger charge is 2.20. The molecular formula is C10H20N2O4. The Kier molecular flexibility index (Phi) is 6.48. The summed E-state index contributed by atoms with van der Waals surface area (Å²) in [5.74, 6) is -1.04. The van der Waals surface area contributed by atoms with Crippen LogP contribution in [0.3, 0.4) is 0 Å². The summed E-state index contributed by atoms with van der Waals surface area (Å²) in [5.41, 5.74) is 0. The second-order valence-electron chi connectivity index (χ2n) is 3.86. The lowest BCUT2D eigenvalue weighted by Gasteiger charge is -2.22. The predicted octanol–water partition coefficient (Wildman–Crippen LogP) is 0.262. The molecule has 0 aromatic carbocycles. The van der Waals surface area contributed by atoms with Crippen molar-refractivity contribution in [2.45, 2.75) is 38.8 Å². The normalized spacial score (nSPS) is 14.0. The minimum absolute atomic E-state index is 0.171. The van der Waals surface area contributed by atoms with Crippen LogP contribution in [0.5, 0.6) is 0 Å². The molecule has 2 amide bonds. The summed E-state index contributed by atoms with van der Waals surface area (Å²) in [6.07, 6.45) is 0.436. The molecule has 6 nitrogen and oxygen atoms in total. The van der Waals surface area contributed by atoms with Crippen LogP contribution in [0.25, 0.3) is 0 Å². The number of carboxylic acid groups (broad SMARTS) is 1. The third-order valence-corrected chi connectivity index (χ3v) is 2.06. The average molecular weight is 232 g/mol. The molecule has 0 spiro atoms. The Morgan fingerprint density at radius 3 is 2.38 bits per heavy atom. The fourth-order valence-corrected chi connectivity index (χ4v) is 1.28. The van der Waals surface area contributed by atoms with Crippen LogP contribution in [0.4, 0.5) is 4.79 Å². The summed E-state index contributed by atoms with van der Waals surface area (Å²) in [6.45, 7) is 3.58. The minimum Gasteiger partial charge on any atom is -0.480 e. The first-order valence-corrected chi connectivity index (χ1v) is 5.31. The van der Waals surface area contributed by atoms with E-state index in [1.165, 1.54) is 11.9 Å². The molecule has 0 saturated heterocycles. The number of urea groups is 1. The molecule has 0 aliphatic heterocycles. The monoisotopic (exact) mass is 232 g/mol. The zero-order chi connectivity index (χ0) is 12.7. The maximum Gasteiger partial charge on any atom is 0.326 e. The Labute approximate surface area is 95.2 Å². The van der Waals surface area contributed by atoms with Crippen LogP contribution in [0.1, 0.15) is 26.7 Å². The Bertz CT molecular complexity index is 243. The van der Waals surface area contributed by atoms with Crippen molar-refractivity contribution < 1.29 is 19.8 Å². The SMILES string of the molecule is CCC[C@H](NC(=O)N(C)CC(C)O)C(=O)O. The number of carbonyl (C=O) groups is 2. The van der Waals surface area contributed by atoms with Gasteiger partial charge in [-0.15, -0.1) is 0 Å². The number of aliphatic carboxylic acids is 1. The number of carboxylic acids is 1. The lowest BCUT2D eigenvalue weighted by atomic mass is 10.2. The molecule has 0 aromatic rings. The van der Waals surface area contributed by atoms with E-state index < -0.39 is 24.1 Å². The maximum absolute atomic E-state index is 11.5. The Morgan fingerprint density at radius 1 is 1.44 bits per heavy atom. The second kappa shape index (κ2) is 7.05. The fourth-order valence-electron chi connectivity index (χ4n) is 1.28. The second-order valence-corrected chi connectivity index (χ2v) is 3.86. The van der Waals surface area contributed by atoms with Crippen molar-refractivity contribution in [3.05, 3.63) is 0 Å². The summed E-state index contributed by atoms with van der Waals surface area (Å²) >= 11 is 0. The zero-order valence-electron chi connectivity index (χ0n) is 9.93. The van der Waals surface area contributed by atoms with E-state index in [0.29, 0.717) is 12.8 Å². The van der Waals surface area contributed by atoms with Crippen molar-refractivity contribution in [1.82, 2.24) is 10.2 Å². The highest BCUT2D eigenvalue weighted by Crippen LogP contribution is 1.98. The van der Waals surface area contributed by atoms with E-state index in [1.807, 2.05) is 6.92 Å². The van der Waals surface area contributed by atoms with Crippen LogP contribution < -0.4 is 5.32 Å². The van der Waals surface area contributed by atoms with E-state index in [9.17, 15) is 9.59 Å². The lowest BCUT2D eigenvalue weighted by molar-refractivity contribution is -0.139. The zero-order valence-corrected chi connectivity index (χ0v) is 9.93. The first kappa shape index (κ1) is 14.7. The van der Waals surface area contributed by atoms with Crippen LogP contribution in [0.15, 0.2) is 0 Å². The molecule has 16 heavy (non-hydrogen) atoms. The van der Waals surface area contributed by atoms with Gasteiger partial charge in [0.15, 0.2) is 0 Å². The van der Waals surface area contributed by atoms with Crippen LogP contribution in [0.2, 0.25) is 0 Å². The number of amides is 2. The number of carbonyl (C=O) groups excluding carboxylic acids is 1. The van der Waals surface area contributed by atoms with Gasteiger partial charge in [0.05, 0.1) is 6.10 Å². The fraction of sp³-hybridized carbons (Fsp3) is 0.800. The molecule has 1 unspecified atom stereocenters. The number of nitrogens with one attached hydrogen (secondary N) is 1. The summed E-state index contributed by atoms with van der Waals surface area (Å²) < 4.78 is 0. The van der Waals surface area contributed by atoms with Gasteiger partial charge in [-0.3, -0.25) is 0 Å². The van der Waals surface area contributed by atoms with Gasteiger partial charge in [-0.2, -0.15) is 0 Å². The third kappa shape index (κ3) is 5.55. The maximum atomic E-state index is 11.5. The van der Waals surface area contributed by atoms with E-state index in [0.717, 1.165) is 0 Å². The largest absolute Gasteiger partial charge is 0.480 e. The van der Waals surface area contributed by atoms with Crippen molar-refractivity contribution >= 4 is 12.0 Å². The molecule has 0 heterocycles. The summed E-state index contributed by atoms with van der Waals surface area (Å²) in [5, 5.41) is 20.3. The van der Waals surface area contributed by atoms with Gasteiger partial charge in [-0.1, -0.05) is 13.3 Å². The first-order chi connectivity index (χ1) is 7.38. The van der Waals surface area contributed by atoms with Gasteiger partial charge in [0.2, 0.25) is 0 Å². The van der Waals surface area contributed by atoms with Crippen molar-refractivity contribution in [1.29, 1.82) is 0 Å². The molecule has 0 rings (SSSR count). The molecular weight excluding hydrogens is 212 g/mol. The number of hydrogen-bond acceptors (Lipinski definition) is 3. The van der Waals surface area contributed by atoms with E-state index in [2.05, 4.69) is 5.32 Å². The van der Waals surface area contributed by atoms with Crippen LogP contribution >= 0.6 is 0 Å². The van der Waals surface area contributed by atoms with Gasteiger partial charge in [-0.05, 0) is 13.3 Å². The van der Waals surface area contributed by atoms with Gasteiger partial charge >= 0.3 is 12.0 Å². The highest BCUT2D eigenvalue weighted by molar-refractivity contribution is 5.82. The number of aliphatic hydroxyl groups is 1. The molecule has 94 valence electrons. The molecule has 6 heteroatoms. The topological polar surface area (TPSA) is 89.9 Å². The molecule has 0 aromatic heterocycles. The summed E-state index contributed by atoms with van der Waals surface area (Å²) in [7, 11) is 1.51. The first-order valence-electron chi connectivity index (χ1n) is 5.31. The highest BCUT2D eigenvalue weighted by atomic mass is 16.4. The molecule has 0 aliphatic rings. The van der Waals surface area contributed by atoms with E-state index in [-0.39, 0.29) is 6.54 Å². The van der Waals surface area contributed by atoms with Crippen molar-refractivity contribution in [2.24, 2.45) is 0 Å². The minimum atomic E-state index is -1.04. The van der Waals surface area contributed by atoms with Gasteiger partial charge in [0.25, 0.3) is 0 Å². The van der Waals surface area contributed by atoms with Gasteiger partial charge < -0.3 is 20.4 Å². The molecule has 3 N–H and O–H groups in total. The van der Waals surface area contributed by atoms with E-state index in [1.54, 1.807) is 6.92 Å². The van der Waals surface area contributed by atoms with Crippen LogP contribution in [-0.2, 0) is 4.79 Å². The quantitative estimate of drug-likeness (QED) is 0.613. The molecule has 0 bridgehead atoms. The third-order valence-electron chi connectivity index (χ3n) is 2.06. The van der Waals surface area contributed by atoms with Crippen LogP contribution in [0, 0.1) is 0 Å². The Balaban J connectivity index is 4.23. The van der Waals surface area contributed by atoms with E-state index in [4.69, 9.17) is 10.2 Å². The number of hydrogen-bond donors (Lipinski definition) is 3. The Hall–Kier alpha value is -1.30. The average Bonchev–Trinajstić information content (AvgIpc) is 2.15. The van der Waals surface area contributed by atoms with Crippen LogP contribution in [-0.4, -0.2) is 52.9 Å². The van der Waals surface area contributed by atoms with Crippen molar-refractivity contribution in [3.8, 4) is 0 Å². The van der Waals surface area contributed by atoms with Gasteiger partial charge in [0, 0.05) is 13.6 Å². The predicted molar refractivity (Wildman–Crippen MR) is 59.2 cm³/mol. The standard InChI is InChI=1S/C10H20N2O4/c1-4-5-8(9(14)15)11-10(16)12(3)6-7(2)13/h7-8,13H,4-6H2,1-3H3,(H,11,16)(H,14,15)/t7?,8-/m0/s1. The number of aliphatic hydroxyl groups excluding tert-OH is 1. The number of rotatable bonds is 6. The summed E-state index contributed by atoms with van der Waals surface area (Å²) in [6, 6.07) is -1.35. The van der Waals surface area contributed by atoms with E-state index >= 15 is 0 Å². The number of likely N-dealkylation sites (N-methyl/N-ethyl adjacent to an activating group) is 1. The van der Waals surface area contributed by atoms with Crippen molar-refractivity contribution in [2.75, 3.05) is 13.6 Å². The molecule has 0 radical (unpaired) electrons. The lowest BCUT2D eigenvalue weighted by Crippen LogP contribution is -2.48. The van der Waals surface area contributed by atoms with Gasteiger partial charge in [-0.25, -0.2) is 9.59 Å². The molecule has 0 aliphatic carbocycles. The number of nitrogens with zero attached hydrogens (tertiary/aromatic N) is 1. The molecule has 2 atom stereocenters. The molecule has 0 fully saturated rings. The van der Waals surface area contributed by atoms with Gasteiger partial charge in [0.1, 0.15) is 6.04 Å². The smallest absolute Gasteiger partial charge is 0.326 e.